The van der Waals surface area contributed by atoms with Gasteiger partial charge in [0.15, 0.2) is 0 Å². The van der Waals surface area contributed by atoms with Crippen LogP contribution in [-0.2, 0) is 14.3 Å². The number of ether oxygens (including phenoxy) is 1. The van der Waals surface area contributed by atoms with Crippen molar-refractivity contribution >= 4 is 41.6 Å². The van der Waals surface area contributed by atoms with Gasteiger partial charge in [-0.3, -0.25) is 4.79 Å². The molecule has 0 spiro atoms. The number of nitrogens with one attached hydrogen (secondary N) is 1. The zero-order valence-electron chi connectivity index (χ0n) is 12.2. The van der Waals surface area contributed by atoms with Crippen molar-refractivity contribution in [1.82, 2.24) is 5.32 Å². The molecule has 0 aliphatic rings. The van der Waals surface area contributed by atoms with Gasteiger partial charge in [-0.05, 0) is 46.4 Å². The fraction of sp³-hybridized carbons (Fsp3) is 0.750. The maximum Gasteiger partial charge on any atom is 0.367 e. The largest absolute Gasteiger partial charge is 0.480 e. The maximum atomic E-state index is 11.7. The summed E-state index contributed by atoms with van der Waals surface area (Å²) in [5, 5.41) is 10.8. The molecular formula is C12H21NO5S2. The molecule has 0 saturated carbocycles. The van der Waals surface area contributed by atoms with Crippen LogP contribution in [0.15, 0.2) is 0 Å². The number of carboxylic acid groups (broad SMARTS) is 1. The van der Waals surface area contributed by atoms with Crippen molar-refractivity contribution in [3.05, 3.63) is 0 Å². The Morgan fingerprint density at radius 1 is 1.25 bits per heavy atom. The first-order valence-corrected chi connectivity index (χ1v) is 7.38. The van der Waals surface area contributed by atoms with Crippen molar-refractivity contribution in [3.8, 4) is 0 Å². The highest BCUT2D eigenvalue weighted by Crippen LogP contribution is 2.17. The van der Waals surface area contributed by atoms with E-state index in [1.807, 2.05) is 0 Å². The smallest absolute Gasteiger partial charge is 0.367 e. The highest BCUT2D eigenvalue weighted by Gasteiger charge is 2.29. The number of rotatable bonds is 5. The SMILES string of the molecule is CC(C)(C)OC(=O)SC[C@H](NC(=O)C(C)(C)S)C(=O)O. The van der Waals surface area contributed by atoms with Crippen LogP contribution in [0.1, 0.15) is 34.6 Å². The Morgan fingerprint density at radius 2 is 1.75 bits per heavy atom. The number of carbonyl (C=O) groups excluding carboxylic acids is 2. The molecule has 0 heterocycles. The summed E-state index contributed by atoms with van der Waals surface area (Å²) < 4.78 is 4.05. The van der Waals surface area contributed by atoms with E-state index in [0.29, 0.717) is 11.8 Å². The van der Waals surface area contributed by atoms with Gasteiger partial charge in [-0.25, -0.2) is 9.59 Å². The Kier molecular flexibility index (Phi) is 6.89. The Labute approximate surface area is 128 Å². The summed E-state index contributed by atoms with van der Waals surface area (Å²) in [5.41, 5.74) is -0.640. The first kappa shape index (κ1) is 19.1. The first-order valence-electron chi connectivity index (χ1n) is 5.95. The van der Waals surface area contributed by atoms with Crippen LogP contribution in [0.5, 0.6) is 0 Å². The van der Waals surface area contributed by atoms with E-state index >= 15 is 0 Å². The van der Waals surface area contributed by atoms with Crippen LogP contribution in [-0.4, -0.2) is 44.4 Å². The van der Waals surface area contributed by atoms with E-state index in [2.05, 4.69) is 17.9 Å². The number of amides is 1. The lowest BCUT2D eigenvalue weighted by molar-refractivity contribution is -0.141. The van der Waals surface area contributed by atoms with Gasteiger partial charge in [0.2, 0.25) is 5.91 Å². The monoisotopic (exact) mass is 323 g/mol. The first-order chi connectivity index (χ1) is 8.83. The molecule has 0 saturated heterocycles. The lowest BCUT2D eigenvalue weighted by atomic mass is 10.2. The fourth-order valence-corrected chi connectivity index (χ4v) is 1.84. The number of carbonyl (C=O) groups is 3. The molecule has 0 aromatic rings. The third-order valence-corrected chi connectivity index (χ3v) is 2.94. The van der Waals surface area contributed by atoms with Crippen molar-refractivity contribution in [2.45, 2.75) is 51.0 Å². The Hall–Kier alpha value is -0.890. The zero-order valence-corrected chi connectivity index (χ0v) is 13.9. The molecular weight excluding hydrogens is 302 g/mol. The number of thioether (sulfide) groups is 1. The second kappa shape index (κ2) is 7.21. The molecule has 0 aromatic heterocycles. The van der Waals surface area contributed by atoms with Crippen molar-refractivity contribution in [3.63, 3.8) is 0 Å². The highest BCUT2D eigenvalue weighted by molar-refractivity contribution is 8.13. The summed E-state index contributed by atoms with van der Waals surface area (Å²) in [7, 11) is 0. The molecule has 0 fully saturated rings. The van der Waals surface area contributed by atoms with Crippen LogP contribution in [0.4, 0.5) is 4.79 Å². The number of hydrogen-bond acceptors (Lipinski definition) is 6. The molecule has 0 aliphatic heterocycles. The third-order valence-electron chi connectivity index (χ3n) is 1.92. The highest BCUT2D eigenvalue weighted by atomic mass is 32.2. The molecule has 6 nitrogen and oxygen atoms in total. The van der Waals surface area contributed by atoms with E-state index in [4.69, 9.17) is 9.84 Å². The lowest BCUT2D eigenvalue weighted by Gasteiger charge is -2.22. The summed E-state index contributed by atoms with van der Waals surface area (Å²) in [5.74, 6) is -1.84. The summed E-state index contributed by atoms with van der Waals surface area (Å²) in [6.07, 6.45) is 0. The van der Waals surface area contributed by atoms with Gasteiger partial charge in [-0.1, -0.05) is 0 Å². The predicted molar refractivity (Wildman–Crippen MR) is 81.3 cm³/mol. The zero-order chi connectivity index (χ0) is 16.1. The van der Waals surface area contributed by atoms with Gasteiger partial charge >= 0.3 is 11.3 Å². The molecule has 1 amide bonds. The Morgan fingerprint density at radius 3 is 2.10 bits per heavy atom. The van der Waals surface area contributed by atoms with Gasteiger partial charge in [-0.2, -0.15) is 12.6 Å². The summed E-state index contributed by atoms with van der Waals surface area (Å²) >= 11 is 4.76. The summed E-state index contributed by atoms with van der Waals surface area (Å²) in [6, 6.07) is -1.17. The minimum atomic E-state index is -1.22. The van der Waals surface area contributed by atoms with E-state index in [9.17, 15) is 14.4 Å². The van der Waals surface area contributed by atoms with Gasteiger partial charge in [0.1, 0.15) is 11.6 Å². The summed E-state index contributed by atoms with van der Waals surface area (Å²) in [6.45, 7) is 8.23. The summed E-state index contributed by atoms with van der Waals surface area (Å²) in [4.78, 5) is 34.2. The molecule has 0 radical (unpaired) electrons. The average Bonchev–Trinajstić information content (AvgIpc) is 2.19. The van der Waals surface area contributed by atoms with Gasteiger partial charge in [0.25, 0.3) is 0 Å². The predicted octanol–water partition coefficient (Wildman–Crippen LogP) is 1.93. The van der Waals surface area contributed by atoms with Gasteiger partial charge in [0.05, 0.1) is 4.75 Å². The molecule has 0 aromatic carbocycles. The van der Waals surface area contributed by atoms with E-state index in [0.717, 1.165) is 0 Å². The van der Waals surface area contributed by atoms with E-state index in [-0.39, 0.29) is 5.75 Å². The van der Waals surface area contributed by atoms with Crippen molar-refractivity contribution in [2.24, 2.45) is 0 Å². The number of thiol groups is 1. The van der Waals surface area contributed by atoms with Crippen molar-refractivity contribution in [1.29, 1.82) is 0 Å². The lowest BCUT2D eigenvalue weighted by Crippen LogP contribution is -2.48. The number of hydrogen-bond donors (Lipinski definition) is 3. The Balaban J connectivity index is 4.48. The Bertz CT molecular complexity index is 384. The average molecular weight is 323 g/mol. The topological polar surface area (TPSA) is 92.7 Å². The number of carboxylic acids is 1. The van der Waals surface area contributed by atoms with Gasteiger partial charge < -0.3 is 15.2 Å². The van der Waals surface area contributed by atoms with Gasteiger partial charge in [-0.15, -0.1) is 0 Å². The van der Waals surface area contributed by atoms with Crippen molar-refractivity contribution in [2.75, 3.05) is 5.75 Å². The third kappa shape index (κ3) is 8.31. The van der Waals surface area contributed by atoms with Crippen LogP contribution in [0.3, 0.4) is 0 Å². The molecule has 1 atom stereocenters. The van der Waals surface area contributed by atoms with Crippen molar-refractivity contribution < 1.29 is 24.2 Å². The molecule has 0 rings (SSSR count). The normalized spacial score (nSPS) is 13.5. The van der Waals surface area contributed by atoms with E-state index in [1.54, 1.807) is 34.6 Å². The molecule has 8 heteroatoms. The minimum absolute atomic E-state index is 0.111. The van der Waals surface area contributed by atoms with E-state index < -0.39 is 33.6 Å². The van der Waals surface area contributed by atoms with Crippen LogP contribution in [0.25, 0.3) is 0 Å². The van der Waals surface area contributed by atoms with Crippen LogP contribution in [0, 0.1) is 0 Å². The number of aliphatic carboxylic acids is 1. The molecule has 20 heavy (non-hydrogen) atoms. The fourth-order valence-electron chi connectivity index (χ4n) is 0.940. The van der Waals surface area contributed by atoms with Crippen LogP contribution in [0.2, 0.25) is 0 Å². The van der Waals surface area contributed by atoms with Crippen LogP contribution >= 0.6 is 24.4 Å². The maximum absolute atomic E-state index is 11.7. The second-order valence-electron chi connectivity index (χ2n) is 5.70. The molecule has 0 unspecified atom stereocenters. The van der Waals surface area contributed by atoms with Gasteiger partial charge in [0, 0.05) is 5.75 Å². The molecule has 116 valence electrons. The van der Waals surface area contributed by atoms with Crippen LogP contribution < -0.4 is 5.32 Å². The minimum Gasteiger partial charge on any atom is -0.480 e. The van der Waals surface area contributed by atoms with E-state index in [1.165, 1.54) is 0 Å². The second-order valence-corrected chi connectivity index (χ2v) is 7.77. The quantitative estimate of drug-likeness (QED) is 0.529. The standard InChI is InChI=1S/C12H21NO5S2/c1-11(2,3)18-10(17)20-6-7(8(14)15)13-9(16)12(4,5)19/h7,19H,6H2,1-5H3,(H,13,16)(H,14,15)/t7-/m0/s1. The molecule has 0 aliphatic carbocycles. The molecule has 0 bridgehead atoms. The molecule has 2 N–H and O–H groups in total.